The molecule has 18 heavy (non-hydrogen) atoms. The topological polar surface area (TPSA) is 42.7 Å². The monoisotopic (exact) mass is 248 g/mol. The maximum absolute atomic E-state index is 4.44. The summed E-state index contributed by atoms with van der Waals surface area (Å²) in [6.45, 7) is 4.33. The van der Waals surface area contributed by atoms with E-state index in [4.69, 9.17) is 0 Å². The number of hydrogen-bond donors (Lipinski definition) is 1. The van der Waals surface area contributed by atoms with Crippen LogP contribution >= 0.6 is 0 Å². The maximum Gasteiger partial charge on any atom is 0.138 e. The third-order valence-electron chi connectivity index (χ3n) is 4.85. The lowest BCUT2D eigenvalue weighted by Gasteiger charge is -2.19. The molecule has 0 radical (unpaired) electrons. The average Bonchev–Trinajstić information content (AvgIpc) is 2.76. The fourth-order valence-electron chi connectivity index (χ4n) is 3.95. The summed E-state index contributed by atoms with van der Waals surface area (Å²) >= 11 is 0. The molecule has 3 unspecified atom stereocenters. The smallest absolute Gasteiger partial charge is 0.138 e. The van der Waals surface area contributed by atoms with Crippen LogP contribution in [-0.2, 0) is 6.42 Å². The first-order chi connectivity index (χ1) is 8.72. The van der Waals surface area contributed by atoms with Crippen LogP contribution in [0.3, 0.4) is 0 Å². The standard InChI is InChI=1S/C14H24N4/c1-9(2)18-13(16-8-17-18)7-12(15-3)14-10-5-4-6-11(10)14/h8-12,14-15H,4-7H2,1-3H3. The molecule has 4 nitrogen and oxygen atoms in total. The molecular weight excluding hydrogens is 224 g/mol. The number of likely N-dealkylation sites (N-methyl/N-ethyl adjacent to an activating group) is 1. The van der Waals surface area contributed by atoms with Gasteiger partial charge in [0.05, 0.1) is 0 Å². The van der Waals surface area contributed by atoms with Crippen LogP contribution in [0.25, 0.3) is 0 Å². The molecule has 1 aromatic heterocycles. The zero-order valence-electron chi connectivity index (χ0n) is 11.6. The van der Waals surface area contributed by atoms with E-state index in [-0.39, 0.29) is 0 Å². The second-order valence-corrected chi connectivity index (χ2v) is 6.15. The molecule has 0 saturated heterocycles. The van der Waals surface area contributed by atoms with E-state index < -0.39 is 0 Å². The average molecular weight is 248 g/mol. The van der Waals surface area contributed by atoms with E-state index in [1.807, 2.05) is 0 Å². The largest absolute Gasteiger partial charge is 0.316 e. The van der Waals surface area contributed by atoms with Crippen LogP contribution in [-0.4, -0.2) is 27.9 Å². The van der Waals surface area contributed by atoms with Crippen LogP contribution in [0.1, 0.15) is 45.0 Å². The van der Waals surface area contributed by atoms with E-state index in [2.05, 4.69) is 41.0 Å². The second kappa shape index (κ2) is 4.65. The van der Waals surface area contributed by atoms with Crippen molar-refractivity contribution in [1.29, 1.82) is 0 Å². The highest BCUT2D eigenvalue weighted by Gasteiger charge is 2.55. The quantitative estimate of drug-likeness (QED) is 0.867. The van der Waals surface area contributed by atoms with Crippen LogP contribution in [0.4, 0.5) is 0 Å². The van der Waals surface area contributed by atoms with Crippen molar-refractivity contribution in [2.75, 3.05) is 7.05 Å². The lowest BCUT2D eigenvalue weighted by Crippen LogP contribution is -2.33. The molecule has 2 fully saturated rings. The molecule has 0 spiro atoms. The molecule has 1 N–H and O–H groups in total. The van der Waals surface area contributed by atoms with Gasteiger partial charge in [0.15, 0.2) is 0 Å². The molecule has 4 heteroatoms. The molecule has 3 rings (SSSR count). The first-order valence-electron chi connectivity index (χ1n) is 7.28. The normalized spacial score (nSPS) is 31.7. The molecule has 0 aromatic carbocycles. The molecule has 2 aliphatic rings. The van der Waals surface area contributed by atoms with Crippen LogP contribution in [0.2, 0.25) is 0 Å². The Balaban J connectivity index is 1.68. The predicted octanol–water partition coefficient (Wildman–Crippen LogP) is 2.04. The van der Waals surface area contributed by atoms with E-state index in [0.29, 0.717) is 12.1 Å². The number of aromatic nitrogens is 3. The Morgan fingerprint density at radius 1 is 1.39 bits per heavy atom. The van der Waals surface area contributed by atoms with Gasteiger partial charge in [0.25, 0.3) is 0 Å². The van der Waals surface area contributed by atoms with Crippen LogP contribution in [0.15, 0.2) is 6.33 Å². The van der Waals surface area contributed by atoms with Gasteiger partial charge in [0.2, 0.25) is 0 Å². The summed E-state index contributed by atoms with van der Waals surface area (Å²) < 4.78 is 2.06. The Kier molecular flexibility index (Phi) is 3.14. The van der Waals surface area contributed by atoms with Gasteiger partial charge in [-0.1, -0.05) is 6.42 Å². The van der Waals surface area contributed by atoms with Gasteiger partial charge in [-0.3, -0.25) is 0 Å². The van der Waals surface area contributed by atoms with Gasteiger partial charge in [0.1, 0.15) is 12.2 Å². The van der Waals surface area contributed by atoms with E-state index >= 15 is 0 Å². The number of rotatable bonds is 5. The Labute approximate surface area is 109 Å². The van der Waals surface area contributed by atoms with Crippen molar-refractivity contribution in [1.82, 2.24) is 20.1 Å². The minimum atomic E-state index is 0.402. The van der Waals surface area contributed by atoms with Crippen LogP contribution in [0, 0.1) is 17.8 Å². The molecule has 3 atom stereocenters. The predicted molar refractivity (Wildman–Crippen MR) is 71.3 cm³/mol. The summed E-state index contributed by atoms with van der Waals surface area (Å²) in [5.41, 5.74) is 0. The molecule has 100 valence electrons. The number of nitrogens with one attached hydrogen (secondary N) is 1. The summed E-state index contributed by atoms with van der Waals surface area (Å²) in [6.07, 6.45) is 7.06. The molecular formula is C14H24N4. The Bertz CT molecular complexity index is 402. The van der Waals surface area contributed by atoms with Gasteiger partial charge in [-0.2, -0.15) is 5.10 Å². The molecule has 0 aliphatic heterocycles. The van der Waals surface area contributed by atoms with Gasteiger partial charge >= 0.3 is 0 Å². The van der Waals surface area contributed by atoms with Crippen molar-refractivity contribution in [3.05, 3.63) is 12.2 Å². The first-order valence-corrected chi connectivity index (χ1v) is 7.28. The van der Waals surface area contributed by atoms with Gasteiger partial charge in [-0.25, -0.2) is 9.67 Å². The molecule has 1 heterocycles. The Hall–Kier alpha value is -0.900. The van der Waals surface area contributed by atoms with Crippen molar-refractivity contribution >= 4 is 0 Å². The molecule has 2 saturated carbocycles. The van der Waals surface area contributed by atoms with Crippen molar-refractivity contribution in [3.8, 4) is 0 Å². The SMILES string of the molecule is CNC(Cc1ncnn1C(C)C)C1C2CCCC21. The number of fused-ring (bicyclic) bond motifs is 1. The number of hydrogen-bond acceptors (Lipinski definition) is 3. The Morgan fingerprint density at radius 2 is 2.11 bits per heavy atom. The van der Waals surface area contributed by atoms with E-state index in [0.717, 1.165) is 30.0 Å². The molecule has 2 aliphatic carbocycles. The van der Waals surface area contributed by atoms with Gasteiger partial charge in [0, 0.05) is 18.5 Å². The summed E-state index contributed by atoms with van der Waals surface area (Å²) in [5.74, 6) is 4.02. The number of nitrogens with zero attached hydrogens (tertiary/aromatic N) is 3. The lowest BCUT2D eigenvalue weighted by atomic mass is 10.0. The highest BCUT2D eigenvalue weighted by molar-refractivity contribution is 5.08. The van der Waals surface area contributed by atoms with Gasteiger partial charge in [-0.05, 0) is 51.5 Å². The second-order valence-electron chi connectivity index (χ2n) is 6.15. The summed E-state index contributed by atoms with van der Waals surface area (Å²) in [6, 6.07) is 0.987. The van der Waals surface area contributed by atoms with Crippen molar-refractivity contribution in [2.45, 2.75) is 51.6 Å². The lowest BCUT2D eigenvalue weighted by molar-refractivity contribution is 0.404. The van der Waals surface area contributed by atoms with Crippen LogP contribution < -0.4 is 5.32 Å². The Morgan fingerprint density at radius 3 is 2.72 bits per heavy atom. The van der Waals surface area contributed by atoms with E-state index in [1.165, 1.54) is 19.3 Å². The zero-order valence-corrected chi connectivity index (χ0v) is 11.6. The van der Waals surface area contributed by atoms with Gasteiger partial charge in [-0.15, -0.1) is 0 Å². The molecule has 0 amide bonds. The summed E-state index contributed by atoms with van der Waals surface area (Å²) in [5, 5.41) is 7.85. The summed E-state index contributed by atoms with van der Waals surface area (Å²) in [7, 11) is 2.09. The molecule has 0 bridgehead atoms. The third kappa shape index (κ3) is 1.96. The first kappa shape index (κ1) is 12.2. The van der Waals surface area contributed by atoms with Crippen LogP contribution in [0.5, 0.6) is 0 Å². The van der Waals surface area contributed by atoms with Crippen molar-refractivity contribution in [2.24, 2.45) is 17.8 Å². The minimum Gasteiger partial charge on any atom is -0.316 e. The maximum atomic E-state index is 4.44. The third-order valence-corrected chi connectivity index (χ3v) is 4.85. The fourth-order valence-corrected chi connectivity index (χ4v) is 3.95. The van der Waals surface area contributed by atoms with Crippen molar-refractivity contribution in [3.63, 3.8) is 0 Å². The van der Waals surface area contributed by atoms with E-state index in [9.17, 15) is 0 Å². The molecule has 1 aromatic rings. The van der Waals surface area contributed by atoms with Crippen molar-refractivity contribution < 1.29 is 0 Å². The highest BCUT2D eigenvalue weighted by Crippen LogP contribution is 2.59. The van der Waals surface area contributed by atoms with E-state index in [1.54, 1.807) is 6.33 Å². The highest BCUT2D eigenvalue weighted by atomic mass is 15.3. The zero-order chi connectivity index (χ0) is 12.7. The van der Waals surface area contributed by atoms with Gasteiger partial charge < -0.3 is 5.32 Å². The summed E-state index contributed by atoms with van der Waals surface area (Å²) in [4.78, 5) is 4.44. The minimum absolute atomic E-state index is 0.402. The fraction of sp³-hybridized carbons (Fsp3) is 0.857.